The Kier molecular flexibility index (Phi) is 13.1. The van der Waals surface area contributed by atoms with E-state index in [1.807, 2.05) is 0 Å². The number of rotatable bonds is 14. The Morgan fingerprint density at radius 3 is 1.71 bits per heavy atom. The SMILES string of the molecule is CCCCCCCCCCCCCCCC1C=CCCC1. The normalized spacial score (nSPS) is 18.2. The van der Waals surface area contributed by atoms with Gasteiger partial charge in [0.15, 0.2) is 0 Å². The van der Waals surface area contributed by atoms with E-state index in [2.05, 4.69) is 19.1 Å². The third-order valence-electron chi connectivity index (χ3n) is 5.03. The van der Waals surface area contributed by atoms with Crippen molar-refractivity contribution in [1.29, 1.82) is 0 Å². The third kappa shape index (κ3) is 12.0. The summed E-state index contributed by atoms with van der Waals surface area (Å²) in [7, 11) is 0. The summed E-state index contributed by atoms with van der Waals surface area (Å²) < 4.78 is 0. The molecule has 0 saturated heterocycles. The fourth-order valence-electron chi connectivity index (χ4n) is 3.55. The van der Waals surface area contributed by atoms with Crippen LogP contribution in [-0.4, -0.2) is 0 Å². The molecule has 0 N–H and O–H groups in total. The lowest BCUT2D eigenvalue weighted by Crippen LogP contribution is -2.00. The molecule has 0 aromatic carbocycles. The molecule has 0 aromatic rings. The molecule has 0 radical (unpaired) electrons. The van der Waals surface area contributed by atoms with E-state index in [9.17, 15) is 0 Å². The van der Waals surface area contributed by atoms with Gasteiger partial charge in [0.25, 0.3) is 0 Å². The van der Waals surface area contributed by atoms with Crippen LogP contribution in [0.15, 0.2) is 12.2 Å². The summed E-state index contributed by atoms with van der Waals surface area (Å²) in [4.78, 5) is 0. The highest BCUT2D eigenvalue weighted by Crippen LogP contribution is 2.23. The van der Waals surface area contributed by atoms with Gasteiger partial charge >= 0.3 is 0 Å². The summed E-state index contributed by atoms with van der Waals surface area (Å²) in [5, 5.41) is 0. The second-order valence-corrected chi connectivity index (χ2v) is 7.15. The summed E-state index contributed by atoms with van der Waals surface area (Å²) >= 11 is 0. The summed E-state index contributed by atoms with van der Waals surface area (Å²) in [6, 6.07) is 0. The van der Waals surface area contributed by atoms with E-state index in [-0.39, 0.29) is 0 Å². The predicted octanol–water partition coefficient (Wildman–Crippen LogP) is 7.82. The maximum Gasteiger partial charge on any atom is -0.0233 e. The Hall–Kier alpha value is -0.260. The zero-order chi connectivity index (χ0) is 15.0. The van der Waals surface area contributed by atoms with Gasteiger partial charge in [0.05, 0.1) is 0 Å². The van der Waals surface area contributed by atoms with E-state index in [4.69, 9.17) is 0 Å². The largest absolute Gasteiger partial charge is 0.0883 e. The quantitative estimate of drug-likeness (QED) is 0.226. The van der Waals surface area contributed by atoms with Crippen LogP contribution in [0.4, 0.5) is 0 Å². The molecule has 1 rings (SSSR count). The lowest BCUT2D eigenvalue weighted by molar-refractivity contribution is 0.466. The molecule has 0 fully saturated rings. The number of unbranched alkanes of at least 4 members (excludes halogenated alkanes) is 12. The number of hydrogen-bond donors (Lipinski definition) is 0. The minimum absolute atomic E-state index is 0.923. The molecular weight excluding hydrogens is 252 g/mol. The highest BCUT2D eigenvalue weighted by molar-refractivity contribution is 4.92. The third-order valence-corrected chi connectivity index (χ3v) is 5.03. The molecule has 1 atom stereocenters. The van der Waals surface area contributed by atoms with E-state index < -0.39 is 0 Å². The standard InChI is InChI=1S/C21H40/c1-2-3-4-5-6-7-8-9-10-11-12-13-15-18-21-19-16-14-17-20-21/h16,19,21H,2-15,17-18,20H2,1H3. The molecule has 1 unspecified atom stereocenters. The van der Waals surface area contributed by atoms with E-state index >= 15 is 0 Å². The summed E-state index contributed by atoms with van der Waals surface area (Å²) in [6.45, 7) is 2.30. The highest BCUT2D eigenvalue weighted by atomic mass is 14.1. The van der Waals surface area contributed by atoms with Crippen molar-refractivity contribution in [3.8, 4) is 0 Å². The van der Waals surface area contributed by atoms with Crippen molar-refractivity contribution in [2.75, 3.05) is 0 Å². The van der Waals surface area contributed by atoms with Crippen LogP contribution in [0.3, 0.4) is 0 Å². The number of allylic oxidation sites excluding steroid dienone is 2. The Bertz CT molecular complexity index is 228. The monoisotopic (exact) mass is 292 g/mol. The molecule has 1 aliphatic rings. The van der Waals surface area contributed by atoms with E-state index in [1.54, 1.807) is 0 Å². The molecule has 0 heterocycles. The highest BCUT2D eigenvalue weighted by Gasteiger charge is 2.07. The molecule has 21 heavy (non-hydrogen) atoms. The average molecular weight is 293 g/mol. The molecule has 0 aromatic heterocycles. The van der Waals surface area contributed by atoms with Gasteiger partial charge in [-0.2, -0.15) is 0 Å². The van der Waals surface area contributed by atoms with Gasteiger partial charge in [-0.25, -0.2) is 0 Å². The summed E-state index contributed by atoms with van der Waals surface area (Å²) in [5.74, 6) is 0.923. The first kappa shape index (κ1) is 18.8. The van der Waals surface area contributed by atoms with Crippen LogP contribution in [0.2, 0.25) is 0 Å². The zero-order valence-corrected chi connectivity index (χ0v) is 14.8. The van der Waals surface area contributed by atoms with Gasteiger partial charge in [-0.05, 0) is 31.6 Å². The van der Waals surface area contributed by atoms with E-state index in [0.29, 0.717) is 0 Å². The summed E-state index contributed by atoms with van der Waals surface area (Å²) in [6.07, 6.45) is 29.6. The maximum absolute atomic E-state index is 2.48. The van der Waals surface area contributed by atoms with Crippen molar-refractivity contribution < 1.29 is 0 Å². The lowest BCUT2D eigenvalue weighted by atomic mass is 9.91. The molecule has 0 aliphatic heterocycles. The smallest absolute Gasteiger partial charge is 0.0233 e. The van der Waals surface area contributed by atoms with Crippen molar-refractivity contribution in [2.24, 2.45) is 5.92 Å². The van der Waals surface area contributed by atoms with Crippen molar-refractivity contribution in [3.05, 3.63) is 12.2 Å². The maximum atomic E-state index is 2.48. The van der Waals surface area contributed by atoms with Gasteiger partial charge in [0.2, 0.25) is 0 Å². The van der Waals surface area contributed by atoms with Crippen LogP contribution in [0.5, 0.6) is 0 Å². The topological polar surface area (TPSA) is 0 Å². The fraction of sp³-hybridized carbons (Fsp3) is 0.905. The van der Waals surface area contributed by atoms with Crippen LogP contribution < -0.4 is 0 Å². The van der Waals surface area contributed by atoms with E-state index in [1.165, 1.54) is 109 Å². The molecule has 0 amide bonds. The second-order valence-electron chi connectivity index (χ2n) is 7.15. The molecule has 1 aliphatic carbocycles. The zero-order valence-electron chi connectivity index (χ0n) is 14.8. The van der Waals surface area contributed by atoms with Gasteiger partial charge in [-0.1, -0.05) is 103 Å². The van der Waals surface area contributed by atoms with Gasteiger partial charge in [-0.15, -0.1) is 0 Å². The van der Waals surface area contributed by atoms with Crippen LogP contribution in [0.25, 0.3) is 0 Å². The Morgan fingerprint density at radius 1 is 0.714 bits per heavy atom. The average Bonchev–Trinajstić information content (AvgIpc) is 2.53. The predicted molar refractivity (Wildman–Crippen MR) is 96.8 cm³/mol. The van der Waals surface area contributed by atoms with Crippen LogP contribution in [0.1, 0.15) is 116 Å². The Labute approximate surface area is 134 Å². The van der Waals surface area contributed by atoms with Gasteiger partial charge in [0, 0.05) is 0 Å². The first-order valence-corrected chi connectivity index (χ1v) is 10.1. The van der Waals surface area contributed by atoms with Gasteiger partial charge in [-0.3, -0.25) is 0 Å². The summed E-state index contributed by atoms with van der Waals surface area (Å²) in [5.41, 5.74) is 0. The van der Waals surface area contributed by atoms with Crippen molar-refractivity contribution in [3.63, 3.8) is 0 Å². The number of hydrogen-bond acceptors (Lipinski definition) is 0. The first-order chi connectivity index (χ1) is 10.4. The molecular formula is C21H40. The Balaban J connectivity index is 1.71. The van der Waals surface area contributed by atoms with Crippen molar-refractivity contribution in [1.82, 2.24) is 0 Å². The van der Waals surface area contributed by atoms with Crippen LogP contribution in [0, 0.1) is 5.92 Å². The molecule has 0 nitrogen and oxygen atoms in total. The van der Waals surface area contributed by atoms with E-state index in [0.717, 1.165) is 5.92 Å². The molecule has 0 bridgehead atoms. The first-order valence-electron chi connectivity index (χ1n) is 10.1. The van der Waals surface area contributed by atoms with Gasteiger partial charge in [0.1, 0.15) is 0 Å². The van der Waals surface area contributed by atoms with Gasteiger partial charge < -0.3 is 0 Å². The molecule has 0 saturated carbocycles. The lowest BCUT2D eigenvalue weighted by Gasteiger charge is -2.15. The molecule has 124 valence electrons. The minimum Gasteiger partial charge on any atom is -0.0883 e. The van der Waals surface area contributed by atoms with Crippen LogP contribution >= 0.6 is 0 Å². The second kappa shape index (κ2) is 14.7. The van der Waals surface area contributed by atoms with Crippen molar-refractivity contribution in [2.45, 2.75) is 116 Å². The fourth-order valence-corrected chi connectivity index (χ4v) is 3.55. The minimum atomic E-state index is 0.923. The molecule has 0 heteroatoms. The van der Waals surface area contributed by atoms with Crippen LogP contribution in [-0.2, 0) is 0 Å². The van der Waals surface area contributed by atoms with Crippen molar-refractivity contribution >= 4 is 0 Å². The Morgan fingerprint density at radius 2 is 1.24 bits per heavy atom. The molecule has 0 spiro atoms.